The summed E-state index contributed by atoms with van der Waals surface area (Å²) in [4.78, 5) is 15.2. The van der Waals surface area contributed by atoms with E-state index in [9.17, 15) is 4.79 Å². The van der Waals surface area contributed by atoms with Crippen LogP contribution in [0.15, 0.2) is 54.6 Å². The first-order chi connectivity index (χ1) is 13.6. The van der Waals surface area contributed by atoms with Crippen LogP contribution in [0, 0.1) is 0 Å². The maximum atomic E-state index is 13.2. The molecule has 0 spiro atoms. The number of hydrogen-bond acceptors (Lipinski definition) is 2. The summed E-state index contributed by atoms with van der Waals surface area (Å²) in [7, 11) is 0. The number of nitrogens with one attached hydrogen (secondary N) is 1. The maximum Gasteiger partial charge on any atom is 0.273 e. The van der Waals surface area contributed by atoms with Gasteiger partial charge in [-0.1, -0.05) is 81.8 Å². The van der Waals surface area contributed by atoms with Gasteiger partial charge in [0.1, 0.15) is 5.69 Å². The van der Waals surface area contributed by atoms with Crippen molar-refractivity contribution in [2.75, 3.05) is 6.54 Å². The van der Waals surface area contributed by atoms with Crippen LogP contribution in [-0.4, -0.2) is 27.5 Å². The maximum absolute atomic E-state index is 13.2. The topological polar surface area (TPSA) is 49.0 Å². The highest BCUT2D eigenvalue weighted by Crippen LogP contribution is 2.43. The van der Waals surface area contributed by atoms with Crippen LogP contribution in [-0.2, 0) is 0 Å². The molecule has 1 amide bonds. The van der Waals surface area contributed by atoms with Crippen LogP contribution in [0.2, 0.25) is 0 Å². The third kappa shape index (κ3) is 3.13. The standard InChI is InChI=1S/C24H27N3O/c1-4-5-15-27-23(19-13-11-17(12-14-19)16(2)3)20-21(18-9-7-6-8-10-18)25-26-22(20)24(27)28/h6-14,16,23H,4-5,15H2,1-3H3,(H,25,26). The summed E-state index contributed by atoms with van der Waals surface area (Å²) in [6.45, 7) is 7.30. The lowest BCUT2D eigenvalue weighted by Gasteiger charge is -2.26. The number of carbonyl (C=O) groups is 1. The highest BCUT2D eigenvalue weighted by Gasteiger charge is 2.41. The van der Waals surface area contributed by atoms with Gasteiger partial charge in [-0.3, -0.25) is 9.89 Å². The van der Waals surface area contributed by atoms with Gasteiger partial charge in [-0.2, -0.15) is 5.10 Å². The van der Waals surface area contributed by atoms with Gasteiger partial charge in [0.15, 0.2) is 0 Å². The van der Waals surface area contributed by atoms with E-state index in [1.165, 1.54) is 5.56 Å². The minimum atomic E-state index is -0.0933. The van der Waals surface area contributed by atoms with Gasteiger partial charge in [-0.15, -0.1) is 0 Å². The number of benzene rings is 2. The summed E-state index contributed by atoms with van der Waals surface area (Å²) in [5, 5.41) is 7.55. The Morgan fingerprint density at radius 3 is 2.43 bits per heavy atom. The van der Waals surface area contributed by atoms with Crippen molar-refractivity contribution in [3.63, 3.8) is 0 Å². The molecule has 0 bridgehead atoms. The smallest absolute Gasteiger partial charge is 0.273 e. The highest BCUT2D eigenvalue weighted by atomic mass is 16.2. The van der Waals surface area contributed by atoms with E-state index in [1.54, 1.807) is 0 Å². The predicted octanol–water partition coefficient (Wildman–Crippen LogP) is 5.55. The number of hydrogen-bond donors (Lipinski definition) is 1. The summed E-state index contributed by atoms with van der Waals surface area (Å²) in [5.41, 5.74) is 6.00. The first-order valence-electron chi connectivity index (χ1n) is 10.2. The van der Waals surface area contributed by atoms with E-state index in [1.807, 2.05) is 23.1 Å². The summed E-state index contributed by atoms with van der Waals surface area (Å²) in [6, 6.07) is 18.7. The fraction of sp³-hybridized carbons (Fsp3) is 0.333. The number of H-pyrrole nitrogens is 1. The Bertz CT molecular complexity index is 957. The number of fused-ring (bicyclic) bond motifs is 1. The van der Waals surface area contributed by atoms with E-state index in [0.717, 1.165) is 41.8 Å². The molecule has 4 heteroatoms. The van der Waals surface area contributed by atoms with Gasteiger partial charge in [-0.05, 0) is 23.5 Å². The quantitative estimate of drug-likeness (QED) is 0.616. The van der Waals surface area contributed by atoms with Crippen LogP contribution in [0.25, 0.3) is 11.3 Å². The second kappa shape index (κ2) is 7.63. The lowest BCUT2D eigenvalue weighted by Crippen LogP contribution is -2.30. The van der Waals surface area contributed by atoms with E-state index in [4.69, 9.17) is 0 Å². The molecular formula is C24H27N3O. The van der Waals surface area contributed by atoms with Crippen LogP contribution in [0.5, 0.6) is 0 Å². The summed E-state index contributed by atoms with van der Waals surface area (Å²) in [5.74, 6) is 0.538. The summed E-state index contributed by atoms with van der Waals surface area (Å²) >= 11 is 0. The third-order valence-electron chi connectivity index (χ3n) is 5.58. The number of rotatable bonds is 6. The average molecular weight is 374 g/mol. The Morgan fingerprint density at radius 2 is 1.79 bits per heavy atom. The first-order valence-corrected chi connectivity index (χ1v) is 10.2. The van der Waals surface area contributed by atoms with E-state index < -0.39 is 0 Å². The molecule has 3 aromatic rings. The van der Waals surface area contributed by atoms with Gasteiger partial charge in [0.2, 0.25) is 0 Å². The van der Waals surface area contributed by atoms with E-state index in [-0.39, 0.29) is 11.9 Å². The lowest BCUT2D eigenvalue weighted by atomic mass is 9.93. The first kappa shape index (κ1) is 18.5. The van der Waals surface area contributed by atoms with Crippen molar-refractivity contribution in [1.29, 1.82) is 0 Å². The largest absolute Gasteiger partial charge is 0.326 e. The number of aromatic amines is 1. The van der Waals surface area contributed by atoms with E-state index in [0.29, 0.717) is 11.6 Å². The van der Waals surface area contributed by atoms with Crippen molar-refractivity contribution in [3.05, 3.63) is 77.0 Å². The Morgan fingerprint density at radius 1 is 1.07 bits per heavy atom. The molecule has 1 atom stereocenters. The molecule has 1 N–H and O–H groups in total. The molecule has 144 valence electrons. The molecular weight excluding hydrogens is 346 g/mol. The van der Waals surface area contributed by atoms with Gasteiger partial charge in [0.05, 0.1) is 11.7 Å². The van der Waals surface area contributed by atoms with Crippen LogP contribution in [0.4, 0.5) is 0 Å². The van der Waals surface area contributed by atoms with Crippen molar-refractivity contribution in [2.24, 2.45) is 0 Å². The third-order valence-corrected chi connectivity index (χ3v) is 5.58. The number of unbranched alkanes of at least 4 members (excludes halogenated alkanes) is 1. The zero-order valence-electron chi connectivity index (χ0n) is 16.8. The summed E-state index contributed by atoms with van der Waals surface area (Å²) < 4.78 is 0. The number of amides is 1. The average Bonchev–Trinajstić information content (AvgIpc) is 3.26. The second-order valence-electron chi connectivity index (χ2n) is 7.80. The molecule has 1 aliphatic rings. The zero-order chi connectivity index (χ0) is 19.7. The molecule has 0 fully saturated rings. The fourth-order valence-corrected chi connectivity index (χ4v) is 3.98. The highest BCUT2D eigenvalue weighted by molar-refractivity contribution is 6.00. The van der Waals surface area contributed by atoms with Gasteiger partial charge in [0.25, 0.3) is 5.91 Å². The Balaban J connectivity index is 1.82. The minimum Gasteiger partial charge on any atom is -0.326 e. The van der Waals surface area contributed by atoms with Gasteiger partial charge in [0, 0.05) is 17.7 Å². The molecule has 2 heterocycles. The molecule has 4 nitrogen and oxygen atoms in total. The van der Waals surface area contributed by atoms with Crippen LogP contribution >= 0.6 is 0 Å². The van der Waals surface area contributed by atoms with Crippen molar-refractivity contribution in [1.82, 2.24) is 15.1 Å². The molecule has 0 saturated heterocycles. The second-order valence-corrected chi connectivity index (χ2v) is 7.80. The number of carbonyl (C=O) groups excluding carboxylic acids is 1. The van der Waals surface area contributed by atoms with E-state index in [2.05, 4.69) is 67.4 Å². The molecule has 28 heavy (non-hydrogen) atoms. The lowest BCUT2D eigenvalue weighted by molar-refractivity contribution is 0.0741. The molecule has 0 saturated carbocycles. The van der Waals surface area contributed by atoms with Crippen LogP contribution < -0.4 is 0 Å². The molecule has 1 aromatic heterocycles. The van der Waals surface area contributed by atoms with Crippen molar-refractivity contribution in [3.8, 4) is 11.3 Å². The van der Waals surface area contributed by atoms with E-state index >= 15 is 0 Å². The summed E-state index contributed by atoms with van der Waals surface area (Å²) in [6.07, 6.45) is 2.05. The molecule has 4 rings (SSSR count). The van der Waals surface area contributed by atoms with Gasteiger partial charge >= 0.3 is 0 Å². The SMILES string of the molecule is CCCCN1C(=O)c2[nH]nc(-c3ccccc3)c2C1c1ccc(C(C)C)cc1. The monoisotopic (exact) mass is 373 g/mol. The Kier molecular flexibility index (Phi) is 5.03. The molecule has 0 aliphatic carbocycles. The van der Waals surface area contributed by atoms with Crippen molar-refractivity contribution >= 4 is 5.91 Å². The number of aromatic nitrogens is 2. The van der Waals surface area contributed by atoms with Crippen LogP contribution in [0.1, 0.15) is 72.8 Å². The van der Waals surface area contributed by atoms with Crippen molar-refractivity contribution in [2.45, 2.75) is 45.6 Å². The number of nitrogens with zero attached hydrogens (tertiary/aromatic N) is 2. The molecule has 2 aromatic carbocycles. The zero-order valence-corrected chi connectivity index (χ0v) is 16.8. The van der Waals surface area contributed by atoms with Gasteiger partial charge in [-0.25, -0.2) is 0 Å². The Labute approximate surface area is 166 Å². The predicted molar refractivity (Wildman–Crippen MR) is 112 cm³/mol. The normalized spacial score (nSPS) is 16.1. The fourth-order valence-electron chi connectivity index (χ4n) is 3.98. The molecule has 0 radical (unpaired) electrons. The minimum absolute atomic E-state index is 0.0519. The molecule has 1 aliphatic heterocycles. The van der Waals surface area contributed by atoms with Crippen LogP contribution in [0.3, 0.4) is 0 Å². The van der Waals surface area contributed by atoms with Crippen molar-refractivity contribution < 1.29 is 4.79 Å². The van der Waals surface area contributed by atoms with Gasteiger partial charge < -0.3 is 4.90 Å². The Hall–Kier alpha value is -2.88. The molecule has 1 unspecified atom stereocenters.